The van der Waals surface area contributed by atoms with Gasteiger partial charge in [-0.2, -0.15) is 5.48 Å². The first-order valence-electron chi connectivity index (χ1n) is 2.67. The molecule has 48 valence electrons. The maximum atomic E-state index is 4.92. The predicted octanol–water partition coefficient (Wildman–Crippen LogP) is 0.595. The van der Waals surface area contributed by atoms with Gasteiger partial charge in [-0.3, -0.25) is 4.98 Å². The Morgan fingerprint density at radius 1 is 1.44 bits per heavy atom. The van der Waals surface area contributed by atoms with Crippen LogP contribution in [-0.2, 0) is 0 Å². The van der Waals surface area contributed by atoms with E-state index >= 15 is 0 Å². The summed E-state index contributed by atoms with van der Waals surface area (Å²) in [6.07, 6.45) is 3.35. The van der Waals surface area contributed by atoms with Crippen molar-refractivity contribution in [2.75, 3.05) is 7.05 Å². The molecule has 0 aromatic carbocycles. The van der Waals surface area contributed by atoms with E-state index in [0.29, 0.717) is 0 Å². The minimum atomic E-state index is 0.771. The van der Waals surface area contributed by atoms with Crippen molar-refractivity contribution in [3.63, 3.8) is 0 Å². The fraction of sp³-hybridized carbons (Fsp3) is 0.167. The molecule has 1 heterocycles. The monoisotopic (exact) mass is 124 g/mol. The van der Waals surface area contributed by atoms with Crippen LogP contribution in [0, 0.1) is 0 Å². The van der Waals surface area contributed by atoms with Crippen LogP contribution in [0.5, 0.6) is 5.75 Å². The molecule has 0 bridgehead atoms. The van der Waals surface area contributed by atoms with Crippen molar-refractivity contribution in [3.05, 3.63) is 24.5 Å². The molecule has 0 unspecified atom stereocenters. The Hall–Kier alpha value is -1.09. The SMILES string of the molecule is CNOc1ccncc1. The summed E-state index contributed by atoms with van der Waals surface area (Å²) < 4.78 is 0. The van der Waals surface area contributed by atoms with E-state index in [1.54, 1.807) is 31.6 Å². The standard InChI is InChI=1S/C6H8N2O/c1-7-9-6-2-4-8-5-3-6/h2-5,7H,1H3. The Bertz CT molecular complexity index is 164. The smallest absolute Gasteiger partial charge is 0.150 e. The summed E-state index contributed by atoms with van der Waals surface area (Å²) in [7, 11) is 1.71. The first-order chi connectivity index (χ1) is 4.43. The first kappa shape index (κ1) is 6.04. The lowest BCUT2D eigenvalue weighted by Crippen LogP contribution is -2.10. The molecule has 0 aliphatic rings. The van der Waals surface area contributed by atoms with Gasteiger partial charge in [0.15, 0.2) is 0 Å². The molecule has 3 heteroatoms. The second-order valence-electron chi connectivity index (χ2n) is 1.49. The highest BCUT2D eigenvalue weighted by atomic mass is 16.6. The molecule has 0 aliphatic heterocycles. The van der Waals surface area contributed by atoms with E-state index in [4.69, 9.17) is 4.84 Å². The number of nitrogens with zero attached hydrogens (tertiary/aromatic N) is 1. The minimum Gasteiger partial charge on any atom is -0.409 e. The number of hydroxylamine groups is 1. The second kappa shape index (κ2) is 3.04. The van der Waals surface area contributed by atoms with Crippen LogP contribution in [0.15, 0.2) is 24.5 Å². The van der Waals surface area contributed by atoms with Crippen LogP contribution in [0.1, 0.15) is 0 Å². The molecule has 0 spiro atoms. The zero-order chi connectivity index (χ0) is 6.53. The molecule has 9 heavy (non-hydrogen) atoms. The van der Waals surface area contributed by atoms with Gasteiger partial charge in [-0.15, -0.1) is 0 Å². The number of hydrogen-bond acceptors (Lipinski definition) is 3. The normalized spacial score (nSPS) is 9.00. The summed E-state index contributed by atoms with van der Waals surface area (Å²) in [6, 6.07) is 3.55. The first-order valence-corrected chi connectivity index (χ1v) is 2.67. The van der Waals surface area contributed by atoms with Crippen molar-refractivity contribution in [2.45, 2.75) is 0 Å². The van der Waals surface area contributed by atoms with E-state index < -0.39 is 0 Å². The van der Waals surface area contributed by atoms with Crippen molar-refractivity contribution >= 4 is 0 Å². The third-order valence-corrected chi connectivity index (χ3v) is 0.870. The molecular weight excluding hydrogens is 116 g/mol. The highest BCUT2D eigenvalue weighted by Gasteiger charge is 1.84. The molecule has 0 saturated carbocycles. The van der Waals surface area contributed by atoms with Gasteiger partial charge in [0.2, 0.25) is 0 Å². The average molecular weight is 124 g/mol. The van der Waals surface area contributed by atoms with Gasteiger partial charge in [0.25, 0.3) is 0 Å². The molecule has 1 N–H and O–H groups in total. The van der Waals surface area contributed by atoms with Crippen LogP contribution in [-0.4, -0.2) is 12.0 Å². The third-order valence-electron chi connectivity index (χ3n) is 0.870. The molecule has 0 aliphatic carbocycles. The fourth-order valence-electron chi connectivity index (χ4n) is 0.524. The Kier molecular flexibility index (Phi) is 2.04. The van der Waals surface area contributed by atoms with Crippen molar-refractivity contribution in [1.29, 1.82) is 0 Å². The Morgan fingerprint density at radius 3 is 2.67 bits per heavy atom. The Balaban J connectivity index is 2.61. The van der Waals surface area contributed by atoms with Crippen LogP contribution in [0.2, 0.25) is 0 Å². The largest absolute Gasteiger partial charge is 0.409 e. The topological polar surface area (TPSA) is 34.1 Å². The molecule has 0 amide bonds. The summed E-state index contributed by atoms with van der Waals surface area (Å²) in [4.78, 5) is 8.74. The minimum absolute atomic E-state index is 0.771. The summed E-state index contributed by atoms with van der Waals surface area (Å²) in [5.41, 5.74) is 2.56. The van der Waals surface area contributed by atoms with Crippen LogP contribution in [0.25, 0.3) is 0 Å². The van der Waals surface area contributed by atoms with E-state index in [1.165, 1.54) is 0 Å². The molecule has 0 saturated heterocycles. The van der Waals surface area contributed by atoms with Crippen molar-refractivity contribution in [2.24, 2.45) is 0 Å². The Labute approximate surface area is 53.6 Å². The maximum absolute atomic E-state index is 4.92. The van der Waals surface area contributed by atoms with Crippen molar-refractivity contribution in [3.8, 4) is 5.75 Å². The summed E-state index contributed by atoms with van der Waals surface area (Å²) in [6.45, 7) is 0. The van der Waals surface area contributed by atoms with Gasteiger partial charge in [0, 0.05) is 31.6 Å². The highest BCUT2D eigenvalue weighted by molar-refractivity contribution is 5.15. The summed E-state index contributed by atoms with van der Waals surface area (Å²) in [5, 5.41) is 0. The van der Waals surface area contributed by atoms with Crippen molar-refractivity contribution in [1.82, 2.24) is 10.5 Å². The van der Waals surface area contributed by atoms with Crippen LogP contribution in [0.3, 0.4) is 0 Å². The zero-order valence-corrected chi connectivity index (χ0v) is 5.16. The molecule has 3 nitrogen and oxygen atoms in total. The van der Waals surface area contributed by atoms with E-state index in [1.807, 2.05) is 0 Å². The Morgan fingerprint density at radius 2 is 2.11 bits per heavy atom. The predicted molar refractivity (Wildman–Crippen MR) is 33.9 cm³/mol. The van der Waals surface area contributed by atoms with Gasteiger partial charge in [0.05, 0.1) is 0 Å². The number of nitrogens with one attached hydrogen (secondary N) is 1. The summed E-state index contributed by atoms with van der Waals surface area (Å²) in [5.74, 6) is 0.771. The fourth-order valence-corrected chi connectivity index (χ4v) is 0.524. The van der Waals surface area contributed by atoms with Gasteiger partial charge in [-0.05, 0) is 0 Å². The van der Waals surface area contributed by atoms with E-state index in [9.17, 15) is 0 Å². The van der Waals surface area contributed by atoms with Crippen molar-refractivity contribution < 1.29 is 4.84 Å². The van der Waals surface area contributed by atoms with Gasteiger partial charge < -0.3 is 4.84 Å². The third kappa shape index (κ3) is 1.70. The van der Waals surface area contributed by atoms with E-state index in [-0.39, 0.29) is 0 Å². The van der Waals surface area contributed by atoms with Gasteiger partial charge in [-0.25, -0.2) is 0 Å². The molecule has 0 fully saturated rings. The van der Waals surface area contributed by atoms with Gasteiger partial charge >= 0.3 is 0 Å². The maximum Gasteiger partial charge on any atom is 0.150 e. The van der Waals surface area contributed by atoms with Crippen LogP contribution in [0.4, 0.5) is 0 Å². The second-order valence-corrected chi connectivity index (χ2v) is 1.49. The molecule has 1 aromatic rings. The quantitative estimate of drug-likeness (QED) is 0.586. The lowest BCUT2D eigenvalue weighted by Gasteiger charge is -1.98. The summed E-state index contributed by atoms with van der Waals surface area (Å²) >= 11 is 0. The van der Waals surface area contributed by atoms with E-state index in [0.717, 1.165) is 5.75 Å². The number of aromatic nitrogens is 1. The van der Waals surface area contributed by atoms with Gasteiger partial charge in [0.1, 0.15) is 5.75 Å². The molecule has 1 aromatic heterocycles. The number of hydrogen-bond donors (Lipinski definition) is 1. The molecular formula is C6H8N2O. The number of rotatable bonds is 2. The lowest BCUT2D eigenvalue weighted by molar-refractivity contribution is 0.223. The molecule has 0 atom stereocenters. The highest BCUT2D eigenvalue weighted by Crippen LogP contribution is 2.03. The van der Waals surface area contributed by atoms with Crippen LogP contribution < -0.4 is 10.3 Å². The number of pyridine rings is 1. The van der Waals surface area contributed by atoms with Gasteiger partial charge in [-0.1, -0.05) is 0 Å². The lowest BCUT2D eigenvalue weighted by atomic mass is 10.5. The average Bonchev–Trinajstić information content (AvgIpc) is 1.91. The molecule has 0 radical (unpaired) electrons. The zero-order valence-electron chi connectivity index (χ0n) is 5.16. The van der Waals surface area contributed by atoms with E-state index in [2.05, 4.69) is 10.5 Å². The molecule has 1 rings (SSSR count). The van der Waals surface area contributed by atoms with Crippen LogP contribution >= 0.6 is 0 Å².